The van der Waals surface area contributed by atoms with Crippen LogP contribution >= 0.6 is 46.4 Å². The zero-order chi connectivity index (χ0) is 25.4. The van der Waals surface area contributed by atoms with E-state index in [2.05, 4.69) is 45.9 Å². The van der Waals surface area contributed by atoms with Gasteiger partial charge in [0.1, 0.15) is 0 Å². The predicted molar refractivity (Wildman–Crippen MR) is 144 cm³/mol. The van der Waals surface area contributed by atoms with Gasteiger partial charge in [-0.2, -0.15) is 0 Å². The van der Waals surface area contributed by atoms with E-state index in [1.807, 2.05) is 0 Å². The molecule has 0 spiro atoms. The highest BCUT2D eigenvalue weighted by Crippen LogP contribution is 2.58. The summed E-state index contributed by atoms with van der Waals surface area (Å²) < 4.78 is 0. The molecule has 1 aliphatic heterocycles. The number of carbonyl (C=O) groups is 2. The number of halogens is 4. The van der Waals surface area contributed by atoms with Crippen LogP contribution in [-0.2, 0) is 11.8 Å². The normalized spacial score (nSPS) is 27.8. The summed E-state index contributed by atoms with van der Waals surface area (Å²) in [6.07, 6.45) is 5.13. The van der Waals surface area contributed by atoms with Gasteiger partial charge in [-0.15, -0.1) is 0 Å². The van der Waals surface area contributed by atoms with Crippen molar-refractivity contribution in [3.8, 4) is 0 Å². The zero-order valence-electron chi connectivity index (χ0n) is 20.4. The fourth-order valence-electron chi connectivity index (χ4n) is 7.09. The molecule has 1 heterocycles. The lowest BCUT2D eigenvalue weighted by atomic mass is 9.49. The summed E-state index contributed by atoms with van der Waals surface area (Å²) in [7, 11) is 0. The standard InChI is InChI=1S/C28H29Cl4NO2/c1-14(2)15-6-8-17-16(12-15)7-9-18-27(3,10-5-11-28(17,18)4)13-33-25(34)19-20(26(33)35)22(30)24(32)23(31)21(19)29/h6,8,12,14,18H,5,7,9-11,13H2,1-4H3/t18-,27+,28+/m0/s1. The molecule has 186 valence electrons. The summed E-state index contributed by atoms with van der Waals surface area (Å²) in [5.74, 6) is -0.0518. The number of amides is 2. The minimum absolute atomic E-state index is 0.00110. The maximum Gasteiger partial charge on any atom is 0.263 e. The highest BCUT2D eigenvalue weighted by molar-refractivity contribution is 6.55. The monoisotopic (exact) mass is 551 g/mol. The van der Waals surface area contributed by atoms with Gasteiger partial charge in [0.2, 0.25) is 0 Å². The first-order valence-corrected chi connectivity index (χ1v) is 13.8. The number of hydrogen-bond donors (Lipinski definition) is 0. The first kappa shape index (κ1) is 25.4. The average Bonchev–Trinajstić information content (AvgIpc) is 3.05. The van der Waals surface area contributed by atoms with Crippen molar-refractivity contribution in [1.29, 1.82) is 0 Å². The van der Waals surface area contributed by atoms with Crippen LogP contribution in [0.15, 0.2) is 18.2 Å². The number of fused-ring (bicyclic) bond motifs is 4. The Hall–Kier alpha value is -1.26. The average molecular weight is 553 g/mol. The van der Waals surface area contributed by atoms with E-state index in [4.69, 9.17) is 46.4 Å². The molecule has 1 fully saturated rings. The highest BCUT2D eigenvalue weighted by Gasteiger charge is 2.54. The number of aryl methyl sites for hydroxylation is 1. The Balaban J connectivity index is 1.51. The fraction of sp³-hybridized carbons (Fsp3) is 0.500. The Morgan fingerprint density at radius 3 is 2.11 bits per heavy atom. The van der Waals surface area contributed by atoms with E-state index in [0.717, 1.165) is 32.1 Å². The van der Waals surface area contributed by atoms with Gasteiger partial charge in [0.25, 0.3) is 11.8 Å². The molecule has 7 heteroatoms. The van der Waals surface area contributed by atoms with Crippen LogP contribution in [0.5, 0.6) is 0 Å². The van der Waals surface area contributed by atoms with Crippen molar-refractivity contribution in [3.05, 3.63) is 66.1 Å². The van der Waals surface area contributed by atoms with Crippen molar-refractivity contribution < 1.29 is 9.59 Å². The molecule has 0 radical (unpaired) electrons. The summed E-state index contributed by atoms with van der Waals surface area (Å²) in [4.78, 5) is 28.2. The minimum atomic E-state index is -0.443. The molecule has 2 aromatic rings. The van der Waals surface area contributed by atoms with Gasteiger partial charge in [-0.1, -0.05) is 98.7 Å². The van der Waals surface area contributed by atoms with E-state index < -0.39 is 11.8 Å². The molecular weight excluding hydrogens is 524 g/mol. The van der Waals surface area contributed by atoms with Crippen molar-refractivity contribution in [2.75, 3.05) is 6.54 Å². The topological polar surface area (TPSA) is 37.4 Å². The maximum absolute atomic E-state index is 13.5. The summed E-state index contributed by atoms with van der Waals surface area (Å²) in [5, 5.41) is -0.0198. The van der Waals surface area contributed by atoms with Gasteiger partial charge in [-0.3, -0.25) is 14.5 Å². The number of hydrogen-bond acceptors (Lipinski definition) is 2. The van der Waals surface area contributed by atoms with Crippen molar-refractivity contribution >= 4 is 58.2 Å². The first-order chi connectivity index (χ1) is 16.4. The molecule has 5 rings (SSSR count). The van der Waals surface area contributed by atoms with Crippen molar-refractivity contribution in [1.82, 2.24) is 4.90 Å². The molecule has 2 aromatic carbocycles. The number of benzene rings is 2. The number of nitrogens with zero attached hydrogens (tertiary/aromatic N) is 1. The van der Waals surface area contributed by atoms with E-state index >= 15 is 0 Å². The molecule has 35 heavy (non-hydrogen) atoms. The van der Waals surface area contributed by atoms with Gasteiger partial charge in [-0.05, 0) is 65.0 Å². The van der Waals surface area contributed by atoms with E-state index in [9.17, 15) is 9.59 Å². The van der Waals surface area contributed by atoms with Crippen molar-refractivity contribution in [2.24, 2.45) is 11.3 Å². The largest absolute Gasteiger partial charge is 0.274 e. The van der Waals surface area contributed by atoms with Gasteiger partial charge in [0.15, 0.2) is 0 Å². The van der Waals surface area contributed by atoms with Crippen LogP contribution in [-0.4, -0.2) is 23.3 Å². The minimum Gasteiger partial charge on any atom is -0.274 e. The Morgan fingerprint density at radius 1 is 0.943 bits per heavy atom. The van der Waals surface area contributed by atoms with E-state index in [0.29, 0.717) is 18.4 Å². The number of imide groups is 1. The van der Waals surface area contributed by atoms with Crippen LogP contribution in [0.25, 0.3) is 0 Å². The SMILES string of the molecule is CC(C)c1ccc2c(c1)CC[C@H]1[C@@](C)(CN3C(=O)c4c(Cl)c(Cl)c(Cl)c(Cl)c4C3=O)CCC[C@]21C. The third-order valence-corrected chi connectivity index (χ3v) is 10.7. The summed E-state index contributed by atoms with van der Waals surface area (Å²) in [6.45, 7) is 9.38. The van der Waals surface area contributed by atoms with Crippen LogP contribution in [0, 0.1) is 11.3 Å². The molecule has 2 amide bonds. The maximum atomic E-state index is 13.5. The third-order valence-electron chi connectivity index (χ3n) is 8.87. The van der Waals surface area contributed by atoms with Crippen LogP contribution in [0.2, 0.25) is 20.1 Å². The Morgan fingerprint density at radius 2 is 1.54 bits per heavy atom. The molecular formula is C28H29Cl4NO2. The molecule has 1 saturated carbocycles. The van der Waals surface area contributed by atoms with Crippen LogP contribution < -0.4 is 0 Å². The quantitative estimate of drug-likeness (QED) is 0.217. The Labute approximate surface area is 227 Å². The lowest BCUT2D eigenvalue weighted by Gasteiger charge is -2.56. The molecule has 3 atom stereocenters. The van der Waals surface area contributed by atoms with E-state index in [1.54, 1.807) is 0 Å². The second kappa shape index (κ2) is 8.65. The third kappa shape index (κ3) is 3.68. The fourth-order valence-corrected chi connectivity index (χ4v) is 8.11. The van der Waals surface area contributed by atoms with Gasteiger partial charge in [0.05, 0.1) is 31.2 Å². The molecule has 0 bridgehead atoms. The second-order valence-electron chi connectivity index (χ2n) is 11.3. The van der Waals surface area contributed by atoms with Crippen molar-refractivity contribution in [2.45, 2.75) is 71.1 Å². The zero-order valence-corrected chi connectivity index (χ0v) is 23.4. The summed E-state index contributed by atoms with van der Waals surface area (Å²) in [6, 6.07) is 6.98. The first-order valence-electron chi connectivity index (χ1n) is 12.3. The molecule has 3 aliphatic rings. The second-order valence-corrected chi connectivity index (χ2v) is 12.8. The number of rotatable bonds is 3. The highest BCUT2D eigenvalue weighted by atomic mass is 35.5. The van der Waals surface area contributed by atoms with Gasteiger partial charge in [0, 0.05) is 6.54 Å². The van der Waals surface area contributed by atoms with E-state index in [-0.39, 0.29) is 42.0 Å². The molecule has 0 saturated heterocycles. The lowest BCUT2D eigenvalue weighted by Crippen LogP contribution is -2.54. The molecule has 3 nitrogen and oxygen atoms in total. The van der Waals surface area contributed by atoms with Crippen LogP contribution in [0.1, 0.15) is 96.7 Å². The van der Waals surface area contributed by atoms with Crippen LogP contribution in [0.3, 0.4) is 0 Å². The Bertz CT molecular complexity index is 1230. The smallest absolute Gasteiger partial charge is 0.263 e. The Kier molecular flexibility index (Phi) is 6.28. The van der Waals surface area contributed by atoms with Gasteiger partial charge in [-0.25, -0.2) is 0 Å². The summed E-state index contributed by atoms with van der Waals surface area (Å²) in [5.41, 5.74) is 4.14. The van der Waals surface area contributed by atoms with Crippen molar-refractivity contribution in [3.63, 3.8) is 0 Å². The molecule has 2 aliphatic carbocycles. The lowest BCUT2D eigenvalue weighted by molar-refractivity contribution is 0.00197. The predicted octanol–water partition coefficient (Wildman–Crippen LogP) is 8.73. The van der Waals surface area contributed by atoms with Gasteiger partial charge >= 0.3 is 0 Å². The van der Waals surface area contributed by atoms with Gasteiger partial charge < -0.3 is 0 Å². The van der Waals surface area contributed by atoms with Crippen LogP contribution in [0.4, 0.5) is 0 Å². The molecule has 0 N–H and O–H groups in total. The summed E-state index contributed by atoms with van der Waals surface area (Å²) >= 11 is 25.1. The number of carbonyl (C=O) groups excluding carboxylic acids is 2. The van der Waals surface area contributed by atoms with E-state index in [1.165, 1.54) is 21.6 Å². The molecule has 0 aromatic heterocycles. The molecule has 0 unspecified atom stereocenters.